The molecule has 1 nitrogen and oxygen atoms in total. The lowest BCUT2D eigenvalue weighted by Crippen LogP contribution is -2.03. The molecule has 0 heterocycles. The van der Waals surface area contributed by atoms with Gasteiger partial charge in [-0.3, -0.25) is 0 Å². The lowest BCUT2D eigenvalue weighted by atomic mass is 10.2. The highest BCUT2D eigenvalue weighted by Crippen LogP contribution is 2.27. The van der Waals surface area contributed by atoms with Gasteiger partial charge in [0, 0.05) is 17.1 Å². The van der Waals surface area contributed by atoms with E-state index in [2.05, 4.69) is 5.32 Å². The summed E-state index contributed by atoms with van der Waals surface area (Å²) in [6, 6.07) is 9.69. The van der Waals surface area contributed by atoms with Crippen molar-refractivity contribution in [3.63, 3.8) is 0 Å². The first-order valence-corrected chi connectivity index (χ1v) is 7.19. The summed E-state index contributed by atoms with van der Waals surface area (Å²) in [4.78, 5) is 1.07. The Morgan fingerprint density at radius 3 is 2.35 bits per heavy atom. The average molecular weight is 297 g/mol. The topological polar surface area (TPSA) is 12.0 Å². The molecule has 0 radical (unpaired) electrons. The minimum atomic E-state index is -1.43. The number of para-hydroxylation sites is 1. The molecule has 0 aromatic heterocycles. The number of benzene rings is 2. The van der Waals surface area contributed by atoms with E-state index >= 15 is 0 Å². The quantitative estimate of drug-likeness (QED) is 0.627. The first kappa shape index (κ1) is 14.8. The molecule has 0 bridgehead atoms. The summed E-state index contributed by atoms with van der Waals surface area (Å²) in [5, 5.41) is 3.11. The van der Waals surface area contributed by atoms with Gasteiger partial charge in [0.15, 0.2) is 17.5 Å². The van der Waals surface area contributed by atoms with Crippen LogP contribution in [-0.2, 0) is 6.54 Å². The minimum absolute atomic E-state index is 0.232. The lowest BCUT2D eigenvalue weighted by Gasteiger charge is -2.11. The van der Waals surface area contributed by atoms with E-state index in [4.69, 9.17) is 0 Å². The lowest BCUT2D eigenvalue weighted by molar-refractivity contribution is 0.445. The van der Waals surface area contributed by atoms with Crippen LogP contribution in [0.25, 0.3) is 0 Å². The van der Waals surface area contributed by atoms with Crippen molar-refractivity contribution in [3.8, 4) is 0 Å². The number of rotatable bonds is 5. The highest BCUT2D eigenvalue weighted by Gasteiger charge is 2.10. The molecule has 106 valence electrons. The average Bonchev–Trinajstić information content (AvgIpc) is 2.44. The summed E-state index contributed by atoms with van der Waals surface area (Å²) in [5.41, 5.74) is 1.25. The summed E-state index contributed by atoms with van der Waals surface area (Å²) < 4.78 is 39.1. The van der Waals surface area contributed by atoms with E-state index in [1.165, 1.54) is 0 Å². The normalized spacial score (nSPS) is 10.6. The molecule has 0 unspecified atom stereocenters. The van der Waals surface area contributed by atoms with E-state index in [0.717, 1.165) is 28.5 Å². The molecular formula is C15H14F3NS. The van der Waals surface area contributed by atoms with Gasteiger partial charge in [0.2, 0.25) is 0 Å². The predicted molar refractivity (Wildman–Crippen MR) is 76.5 cm³/mol. The maximum absolute atomic E-state index is 13.1. The monoisotopic (exact) mass is 297 g/mol. The van der Waals surface area contributed by atoms with Crippen molar-refractivity contribution in [3.05, 3.63) is 59.4 Å². The molecule has 2 rings (SSSR count). The zero-order valence-electron chi connectivity index (χ0n) is 10.9. The Labute approximate surface area is 120 Å². The first-order valence-electron chi connectivity index (χ1n) is 6.21. The molecule has 0 fully saturated rings. The van der Waals surface area contributed by atoms with Crippen LogP contribution in [0.4, 0.5) is 18.9 Å². The summed E-state index contributed by atoms with van der Waals surface area (Å²) in [5.74, 6) is -2.84. The molecule has 1 N–H and O–H groups in total. The molecule has 0 atom stereocenters. The van der Waals surface area contributed by atoms with E-state index in [-0.39, 0.29) is 6.54 Å². The van der Waals surface area contributed by atoms with Crippen LogP contribution in [0.3, 0.4) is 0 Å². The van der Waals surface area contributed by atoms with Gasteiger partial charge >= 0.3 is 0 Å². The van der Waals surface area contributed by atoms with Gasteiger partial charge in [-0.25, -0.2) is 13.2 Å². The van der Waals surface area contributed by atoms with Gasteiger partial charge in [-0.15, -0.1) is 11.8 Å². The second kappa shape index (κ2) is 6.70. The number of hydrogen-bond acceptors (Lipinski definition) is 2. The first-order chi connectivity index (χ1) is 9.61. The fourth-order valence-corrected chi connectivity index (χ4v) is 2.58. The number of halogens is 3. The molecule has 0 saturated carbocycles. The third kappa shape index (κ3) is 3.48. The van der Waals surface area contributed by atoms with Gasteiger partial charge < -0.3 is 5.32 Å². The fourth-order valence-electron chi connectivity index (χ4n) is 1.80. The van der Waals surface area contributed by atoms with Gasteiger partial charge in [-0.1, -0.05) is 19.1 Å². The third-order valence-corrected chi connectivity index (χ3v) is 3.67. The molecule has 0 spiro atoms. The van der Waals surface area contributed by atoms with Crippen LogP contribution in [0.5, 0.6) is 0 Å². The largest absolute Gasteiger partial charge is 0.380 e. The Bertz CT molecular complexity index is 578. The second-order valence-corrected chi connectivity index (χ2v) is 5.46. The molecule has 20 heavy (non-hydrogen) atoms. The number of nitrogens with one attached hydrogen (secondary N) is 1. The molecule has 0 aliphatic heterocycles. The molecule has 0 aliphatic carbocycles. The maximum Gasteiger partial charge on any atom is 0.194 e. The summed E-state index contributed by atoms with van der Waals surface area (Å²) in [6.45, 7) is 2.28. The van der Waals surface area contributed by atoms with Gasteiger partial charge in [-0.2, -0.15) is 0 Å². The van der Waals surface area contributed by atoms with E-state index in [1.54, 1.807) is 11.8 Å². The van der Waals surface area contributed by atoms with Gasteiger partial charge in [0.25, 0.3) is 0 Å². The summed E-state index contributed by atoms with van der Waals surface area (Å²) in [7, 11) is 0. The van der Waals surface area contributed by atoms with Crippen LogP contribution in [0, 0.1) is 17.5 Å². The van der Waals surface area contributed by atoms with Crippen molar-refractivity contribution in [2.24, 2.45) is 0 Å². The molecule has 0 amide bonds. The van der Waals surface area contributed by atoms with E-state index in [0.29, 0.717) is 5.56 Å². The summed E-state index contributed by atoms with van der Waals surface area (Å²) >= 11 is 1.68. The summed E-state index contributed by atoms with van der Waals surface area (Å²) in [6.07, 6.45) is 0. The molecular weight excluding hydrogens is 283 g/mol. The van der Waals surface area contributed by atoms with E-state index < -0.39 is 17.5 Å². The fraction of sp³-hybridized carbons (Fsp3) is 0.200. The van der Waals surface area contributed by atoms with Gasteiger partial charge in [0.1, 0.15) is 0 Å². The minimum Gasteiger partial charge on any atom is -0.380 e. The van der Waals surface area contributed by atoms with Crippen LogP contribution in [0.1, 0.15) is 12.5 Å². The van der Waals surface area contributed by atoms with Crippen LogP contribution in [-0.4, -0.2) is 5.75 Å². The molecule has 0 aliphatic rings. The second-order valence-electron chi connectivity index (χ2n) is 4.16. The Morgan fingerprint density at radius 2 is 1.70 bits per heavy atom. The smallest absolute Gasteiger partial charge is 0.194 e. The molecule has 5 heteroatoms. The van der Waals surface area contributed by atoms with Crippen molar-refractivity contribution >= 4 is 17.4 Å². The van der Waals surface area contributed by atoms with Crippen molar-refractivity contribution in [1.29, 1.82) is 0 Å². The Kier molecular flexibility index (Phi) is 4.95. The van der Waals surface area contributed by atoms with Crippen LogP contribution >= 0.6 is 11.8 Å². The Morgan fingerprint density at radius 1 is 1.05 bits per heavy atom. The van der Waals surface area contributed by atoms with E-state index in [9.17, 15) is 13.2 Å². The third-order valence-electron chi connectivity index (χ3n) is 2.71. The van der Waals surface area contributed by atoms with Gasteiger partial charge in [-0.05, 0) is 35.6 Å². The molecule has 2 aromatic carbocycles. The van der Waals surface area contributed by atoms with Crippen LogP contribution < -0.4 is 5.32 Å². The van der Waals surface area contributed by atoms with Gasteiger partial charge in [0.05, 0.1) is 0 Å². The van der Waals surface area contributed by atoms with Crippen molar-refractivity contribution in [1.82, 2.24) is 0 Å². The van der Waals surface area contributed by atoms with Crippen LogP contribution in [0.2, 0.25) is 0 Å². The SMILES string of the molecule is CCSc1ccccc1NCc1cc(F)c(F)c(F)c1. The van der Waals surface area contributed by atoms with Crippen molar-refractivity contribution < 1.29 is 13.2 Å². The van der Waals surface area contributed by atoms with Crippen LogP contribution in [0.15, 0.2) is 41.3 Å². The van der Waals surface area contributed by atoms with E-state index in [1.807, 2.05) is 31.2 Å². The Balaban J connectivity index is 2.13. The number of hydrogen-bond donors (Lipinski definition) is 1. The molecule has 2 aromatic rings. The standard InChI is InChI=1S/C15H14F3NS/c1-2-20-14-6-4-3-5-13(14)19-9-10-7-11(16)15(18)12(17)8-10/h3-8,19H,2,9H2,1H3. The predicted octanol–water partition coefficient (Wildman–Crippen LogP) is 4.83. The zero-order valence-corrected chi connectivity index (χ0v) is 11.7. The Hall–Kier alpha value is -1.62. The van der Waals surface area contributed by atoms with Crippen molar-refractivity contribution in [2.75, 3.05) is 11.1 Å². The number of anilines is 1. The number of thioether (sulfide) groups is 1. The highest BCUT2D eigenvalue weighted by molar-refractivity contribution is 7.99. The maximum atomic E-state index is 13.1. The van der Waals surface area contributed by atoms with Crippen molar-refractivity contribution in [2.45, 2.75) is 18.4 Å². The highest BCUT2D eigenvalue weighted by atomic mass is 32.2. The molecule has 0 saturated heterocycles. The zero-order chi connectivity index (χ0) is 14.5.